The van der Waals surface area contributed by atoms with Crippen LogP contribution in [0, 0.1) is 0 Å². The van der Waals surface area contributed by atoms with Crippen molar-refractivity contribution >= 4 is 27.9 Å². The van der Waals surface area contributed by atoms with Gasteiger partial charge in [-0.15, -0.1) is 0 Å². The molecule has 2 rings (SSSR count). The van der Waals surface area contributed by atoms with Crippen LogP contribution in [0.15, 0.2) is 58.0 Å². The first-order chi connectivity index (χ1) is 10.2. The molecule has 0 atom stereocenters. The fourth-order valence-corrected chi connectivity index (χ4v) is 2.23. The van der Waals surface area contributed by atoms with E-state index in [0.29, 0.717) is 17.9 Å². The molecule has 108 valence electrons. The minimum Gasteiger partial charge on any atom is -0.488 e. The molecule has 0 bridgehead atoms. The van der Waals surface area contributed by atoms with Crippen LogP contribution in [-0.2, 0) is 6.61 Å². The third-order valence-electron chi connectivity index (χ3n) is 2.94. The molecule has 2 aromatic rings. The molecule has 21 heavy (non-hydrogen) atoms. The Morgan fingerprint density at radius 3 is 2.71 bits per heavy atom. The first-order valence-corrected chi connectivity index (χ1v) is 7.40. The zero-order chi connectivity index (χ0) is 15.1. The maximum Gasteiger partial charge on any atom is 0.171 e. The van der Waals surface area contributed by atoms with Crippen molar-refractivity contribution in [3.05, 3.63) is 64.1 Å². The number of benzene rings is 2. The summed E-state index contributed by atoms with van der Waals surface area (Å²) in [6, 6.07) is 15.3. The number of hydrogen-bond acceptors (Lipinski definition) is 3. The Hall–Kier alpha value is -1.94. The lowest BCUT2D eigenvalue weighted by Gasteiger charge is -2.11. The summed E-state index contributed by atoms with van der Waals surface area (Å²) in [5.74, 6) is 0.585. The molecule has 0 spiro atoms. The van der Waals surface area contributed by atoms with Gasteiger partial charge < -0.3 is 9.73 Å². The molecule has 0 aliphatic rings. The van der Waals surface area contributed by atoms with Gasteiger partial charge in [0, 0.05) is 24.2 Å². The zero-order valence-corrected chi connectivity index (χ0v) is 13.3. The van der Waals surface area contributed by atoms with E-state index in [9.17, 15) is 4.79 Å². The Balaban J connectivity index is 2.16. The van der Waals surface area contributed by atoms with Crippen molar-refractivity contribution in [1.29, 1.82) is 0 Å². The van der Waals surface area contributed by atoms with Gasteiger partial charge in [-0.2, -0.15) is 0 Å². The molecular weight excluding hydrogens is 330 g/mol. The van der Waals surface area contributed by atoms with Crippen LogP contribution in [0.25, 0.3) is 0 Å². The third kappa shape index (κ3) is 4.53. The highest BCUT2D eigenvalue weighted by Crippen LogP contribution is 2.25. The lowest BCUT2D eigenvalue weighted by molar-refractivity contribution is 0.0997. The van der Waals surface area contributed by atoms with Gasteiger partial charge in [-0.3, -0.25) is 4.79 Å². The van der Waals surface area contributed by atoms with Crippen LogP contribution in [0.2, 0.25) is 0 Å². The summed E-state index contributed by atoms with van der Waals surface area (Å²) in [4.78, 5) is 16.0. The maximum atomic E-state index is 12.2. The second-order valence-electron chi connectivity index (χ2n) is 4.48. The minimum atomic E-state index is -0.00929. The van der Waals surface area contributed by atoms with E-state index in [4.69, 9.17) is 4.74 Å². The number of ketones is 1. The first kappa shape index (κ1) is 15.4. The van der Waals surface area contributed by atoms with Gasteiger partial charge in [0.25, 0.3) is 0 Å². The number of aliphatic imine (C=N–C) groups is 1. The fraction of sp³-hybridized carbons (Fsp3) is 0.176. The molecule has 0 radical (unpaired) electrons. The summed E-state index contributed by atoms with van der Waals surface area (Å²) in [5.41, 5.74) is 1.63. The van der Waals surface area contributed by atoms with Crippen LogP contribution >= 0.6 is 15.9 Å². The van der Waals surface area contributed by atoms with Crippen molar-refractivity contribution in [1.82, 2.24) is 0 Å². The number of nitrogens with zero attached hydrogens (tertiary/aromatic N) is 1. The van der Waals surface area contributed by atoms with Gasteiger partial charge in [-0.25, -0.2) is 0 Å². The highest BCUT2D eigenvalue weighted by molar-refractivity contribution is 9.10. The van der Waals surface area contributed by atoms with E-state index >= 15 is 0 Å². The van der Waals surface area contributed by atoms with Crippen LogP contribution in [0.1, 0.15) is 22.3 Å². The van der Waals surface area contributed by atoms with Crippen LogP contribution in [0.4, 0.5) is 0 Å². The standard InChI is InChI=1S/C17H16BrNO2/c1-19-10-9-16(20)15-11-14(18)7-8-17(15)21-12-13-5-3-2-4-6-13/h2-8,10-11H,9,12H2,1H3. The summed E-state index contributed by atoms with van der Waals surface area (Å²) in [6.07, 6.45) is 1.87. The van der Waals surface area contributed by atoms with Crippen LogP contribution in [-0.4, -0.2) is 19.0 Å². The van der Waals surface area contributed by atoms with Crippen molar-refractivity contribution in [2.24, 2.45) is 4.99 Å². The number of carbonyl (C=O) groups is 1. The summed E-state index contributed by atoms with van der Waals surface area (Å²) in [6.45, 7) is 0.435. The van der Waals surface area contributed by atoms with E-state index in [2.05, 4.69) is 20.9 Å². The van der Waals surface area contributed by atoms with Gasteiger partial charge in [0.1, 0.15) is 12.4 Å². The number of hydrogen-bond donors (Lipinski definition) is 0. The lowest BCUT2D eigenvalue weighted by atomic mass is 10.1. The van der Waals surface area contributed by atoms with Gasteiger partial charge in [0.15, 0.2) is 5.78 Å². The summed E-state index contributed by atoms with van der Waals surface area (Å²) < 4.78 is 6.65. The molecule has 0 aromatic heterocycles. The van der Waals surface area contributed by atoms with Crippen molar-refractivity contribution in [3.63, 3.8) is 0 Å². The number of carbonyl (C=O) groups excluding carboxylic acids is 1. The van der Waals surface area contributed by atoms with E-state index in [1.54, 1.807) is 19.3 Å². The molecule has 3 nitrogen and oxygen atoms in total. The SMILES string of the molecule is CN=CCC(=O)c1cc(Br)ccc1OCc1ccccc1. The predicted octanol–water partition coefficient (Wildman–Crippen LogP) is 4.30. The molecule has 0 unspecified atom stereocenters. The smallest absolute Gasteiger partial charge is 0.171 e. The molecule has 0 aliphatic heterocycles. The Morgan fingerprint density at radius 2 is 2.00 bits per heavy atom. The highest BCUT2D eigenvalue weighted by atomic mass is 79.9. The van der Waals surface area contributed by atoms with E-state index < -0.39 is 0 Å². The second kappa shape index (κ2) is 7.74. The number of ether oxygens (including phenoxy) is 1. The van der Waals surface area contributed by atoms with E-state index in [0.717, 1.165) is 10.0 Å². The van der Waals surface area contributed by atoms with Crippen LogP contribution in [0.3, 0.4) is 0 Å². The Kier molecular flexibility index (Phi) is 5.69. The molecular formula is C17H16BrNO2. The van der Waals surface area contributed by atoms with Crippen LogP contribution in [0.5, 0.6) is 5.75 Å². The Morgan fingerprint density at radius 1 is 1.24 bits per heavy atom. The van der Waals surface area contributed by atoms with Gasteiger partial charge >= 0.3 is 0 Å². The maximum absolute atomic E-state index is 12.2. The lowest BCUT2D eigenvalue weighted by Crippen LogP contribution is -2.05. The summed E-state index contributed by atoms with van der Waals surface area (Å²) >= 11 is 3.39. The monoisotopic (exact) mass is 345 g/mol. The number of Topliss-reactive ketones (excluding diaryl/α,β-unsaturated/α-hetero) is 1. The van der Waals surface area contributed by atoms with Crippen molar-refractivity contribution in [2.75, 3.05) is 7.05 Å². The summed E-state index contributed by atoms with van der Waals surface area (Å²) in [7, 11) is 1.65. The van der Waals surface area contributed by atoms with Crippen molar-refractivity contribution in [2.45, 2.75) is 13.0 Å². The molecule has 0 N–H and O–H groups in total. The van der Waals surface area contributed by atoms with Gasteiger partial charge in [-0.05, 0) is 23.8 Å². The fourth-order valence-electron chi connectivity index (χ4n) is 1.87. The van der Waals surface area contributed by atoms with Crippen molar-refractivity contribution in [3.8, 4) is 5.75 Å². The molecule has 0 amide bonds. The molecule has 0 saturated heterocycles. The average Bonchev–Trinajstić information content (AvgIpc) is 2.52. The largest absolute Gasteiger partial charge is 0.488 e. The Labute approximate surface area is 132 Å². The van der Waals surface area contributed by atoms with E-state index in [1.807, 2.05) is 42.5 Å². The first-order valence-electron chi connectivity index (χ1n) is 6.61. The molecule has 2 aromatic carbocycles. The van der Waals surface area contributed by atoms with Gasteiger partial charge in [0.2, 0.25) is 0 Å². The molecule has 4 heteroatoms. The Bertz CT molecular complexity index is 638. The molecule has 0 saturated carbocycles. The number of rotatable bonds is 6. The molecule has 0 fully saturated rings. The quantitative estimate of drug-likeness (QED) is 0.578. The van der Waals surface area contributed by atoms with Gasteiger partial charge in [-0.1, -0.05) is 46.3 Å². The summed E-state index contributed by atoms with van der Waals surface area (Å²) in [5, 5.41) is 0. The topological polar surface area (TPSA) is 38.7 Å². The minimum absolute atomic E-state index is 0.00929. The normalized spacial score (nSPS) is 10.8. The predicted molar refractivity (Wildman–Crippen MR) is 88.3 cm³/mol. The average molecular weight is 346 g/mol. The molecule has 0 aliphatic carbocycles. The zero-order valence-electron chi connectivity index (χ0n) is 11.8. The van der Waals surface area contributed by atoms with Gasteiger partial charge in [0.05, 0.1) is 5.56 Å². The van der Waals surface area contributed by atoms with E-state index in [-0.39, 0.29) is 12.2 Å². The van der Waals surface area contributed by atoms with E-state index in [1.165, 1.54) is 0 Å². The van der Waals surface area contributed by atoms with Crippen molar-refractivity contribution < 1.29 is 9.53 Å². The van der Waals surface area contributed by atoms with Crippen LogP contribution < -0.4 is 4.74 Å². The second-order valence-corrected chi connectivity index (χ2v) is 5.40. The molecule has 0 heterocycles. The number of halogens is 1. The third-order valence-corrected chi connectivity index (χ3v) is 3.43. The highest BCUT2D eigenvalue weighted by Gasteiger charge is 2.12.